The second kappa shape index (κ2) is 2.28. The number of hydrogen-bond acceptors (Lipinski definition) is 2. The number of furan rings is 1. The van der Waals surface area contributed by atoms with Crippen molar-refractivity contribution >= 4 is 5.57 Å². The van der Waals surface area contributed by atoms with E-state index in [-0.39, 0.29) is 0 Å². The van der Waals surface area contributed by atoms with Crippen LogP contribution in [0.15, 0.2) is 22.8 Å². The Morgan fingerprint density at radius 3 is 3.27 bits per heavy atom. The molecule has 0 saturated carbocycles. The van der Waals surface area contributed by atoms with Crippen molar-refractivity contribution in [2.24, 2.45) is 0 Å². The molecule has 0 spiro atoms. The Hall–Kier alpha value is -1.49. The topological polar surface area (TPSA) is 36.9 Å². The van der Waals surface area contributed by atoms with Crippen molar-refractivity contribution in [1.29, 1.82) is 5.26 Å². The molecular weight excluding hydrogens is 138 g/mol. The van der Waals surface area contributed by atoms with Crippen LogP contribution in [0.4, 0.5) is 0 Å². The van der Waals surface area contributed by atoms with Gasteiger partial charge in [-0.3, -0.25) is 0 Å². The van der Waals surface area contributed by atoms with Gasteiger partial charge in [0, 0.05) is 12.0 Å². The van der Waals surface area contributed by atoms with Crippen LogP contribution in [-0.4, -0.2) is 0 Å². The Kier molecular flexibility index (Phi) is 1.29. The average molecular weight is 145 g/mol. The van der Waals surface area contributed by atoms with E-state index in [1.165, 1.54) is 0 Å². The number of nitrogens with zero attached hydrogens (tertiary/aromatic N) is 1. The predicted octanol–water partition coefficient (Wildman–Crippen LogP) is 2.13. The van der Waals surface area contributed by atoms with Crippen LogP contribution in [0.2, 0.25) is 0 Å². The molecule has 1 aromatic rings. The van der Waals surface area contributed by atoms with E-state index in [2.05, 4.69) is 6.07 Å². The quantitative estimate of drug-likeness (QED) is 0.560. The molecule has 0 aromatic carbocycles. The summed E-state index contributed by atoms with van der Waals surface area (Å²) in [7, 11) is 0. The van der Waals surface area contributed by atoms with Gasteiger partial charge in [-0.15, -0.1) is 0 Å². The van der Waals surface area contributed by atoms with Crippen molar-refractivity contribution in [1.82, 2.24) is 0 Å². The smallest absolute Gasteiger partial charge is 0.112 e. The molecule has 0 bridgehead atoms. The molecule has 0 amide bonds. The highest BCUT2D eigenvalue weighted by atomic mass is 16.3. The zero-order valence-electron chi connectivity index (χ0n) is 6.00. The molecular formula is C9H7NO. The van der Waals surface area contributed by atoms with Crippen molar-refractivity contribution < 1.29 is 4.42 Å². The molecule has 0 N–H and O–H groups in total. The molecule has 1 heterocycles. The van der Waals surface area contributed by atoms with Crippen LogP contribution in [0.3, 0.4) is 0 Å². The van der Waals surface area contributed by atoms with E-state index in [0.717, 1.165) is 29.7 Å². The Morgan fingerprint density at radius 2 is 2.45 bits per heavy atom. The highest BCUT2D eigenvalue weighted by molar-refractivity contribution is 5.78. The molecule has 0 radical (unpaired) electrons. The van der Waals surface area contributed by atoms with Crippen molar-refractivity contribution in [3.63, 3.8) is 0 Å². The third-order valence-electron chi connectivity index (χ3n) is 1.88. The van der Waals surface area contributed by atoms with Gasteiger partial charge in [0.1, 0.15) is 5.76 Å². The third kappa shape index (κ3) is 0.857. The van der Waals surface area contributed by atoms with Gasteiger partial charge in [-0.1, -0.05) is 6.08 Å². The summed E-state index contributed by atoms with van der Waals surface area (Å²) >= 11 is 0. The zero-order valence-corrected chi connectivity index (χ0v) is 6.00. The summed E-state index contributed by atoms with van der Waals surface area (Å²) in [5.74, 6) is 0.948. The lowest BCUT2D eigenvalue weighted by Crippen LogP contribution is -1.93. The fourth-order valence-electron chi connectivity index (χ4n) is 1.34. The first-order chi connectivity index (χ1) is 5.42. The van der Waals surface area contributed by atoms with Gasteiger partial charge in [0.15, 0.2) is 0 Å². The van der Waals surface area contributed by atoms with Crippen molar-refractivity contribution in [2.45, 2.75) is 12.8 Å². The number of hydrogen-bond donors (Lipinski definition) is 0. The van der Waals surface area contributed by atoms with Crippen LogP contribution in [0.1, 0.15) is 17.7 Å². The van der Waals surface area contributed by atoms with E-state index in [9.17, 15) is 0 Å². The van der Waals surface area contributed by atoms with E-state index in [0.29, 0.717) is 0 Å². The number of fused-ring (bicyclic) bond motifs is 1. The number of allylic oxidation sites excluding steroid dienone is 2. The molecule has 1 aliphatic rings. The Bertz CT molecular complexity index is 341. The average Bonchev–Trinajstić information content (AvgIpc) is 2.50. The van der Waals surface area contributed by atoms with Gasteiger partial charge >= 0.3 is 0 Å². The van der Waals surface area contributed by atoms with Gasteiger partial charge in [-0.25, -0.2) is 0 Å². The molecule has 2 nitrogen and oxygen atoms in total. The summed E-state index contributed by atoms with van der Waals surface area (Å²) in [5, 5.41) is 8.70. The van der Waals surface area contributed by atoms with Gasteiger partial charge in [-0.2, -0.15) is 5.26 Å². The Balaban J connectivity index is 2.55. The van der Waals surface area contributed by atoms with E-state index >= 15 is 0 Å². The molecule has 0 unspecified atom stereocenters. The highest BCUT2D eigenvalue weighted by Gasteiger charge is 2.13. The van der Waals surface area contributed by atoms with Crippen LogP contribution in [0.25, 0.3) is 5.57 Å². The molecule has 0 fully saturated rings. The van der Waals surface area contributed by atoms with Gasteiger partial charge in [-0.05, 0) is 12.5 Å². The maximum atomic E-state index is 8.70. The molecule has 1 aliphatic carbocycles. The minimum absolute atomic E-state index is 0.750. The largest absolute Gasteiger partial charge is 0.469 e. The summed E-state index contributed by atoms with van der Waals surface area (Å²) in [4.78, 5) is 0. The third-order valence-corrected chi connectivity index (χ3v) is 1.88. The molecule has 11 heavy (non-hydrogen) atoms. The maximum Gasteiger partial charge on any atom is 0.112 e. The highest BCUT2D eigenvalue weighted by Crippen LogP contribution is 2.26. The lowest BCUT2D eigenvalue weighted by Gasteiger charge is -2.04. The number of rotatable bonds is 0. The molecule has 2 heteroatoms. The lowest BCUT2D eigenvalue weighted by atomic mass is 9.99. The maximum absolute atomic E-state index is 8.70. The van der Waals surface area contributed by atoms with Crippen LogP contribution >= 0.6 is 0 Å². The molecule has 2 rings (SSSR count). The molecule has 0 aliphatic heterocycles. The van der Waals surface area contributed by atoms with Gasteiger partial charge in [0.05, 0.1) is 17.9 Å². The normalized spacial score (nSPS) is 15.0. The minimum atomic E-state index is 0.750. The number of nitriles is 1. The fraction of sp³-hybridized carbons (Fsp3) is 0.222. The summed E-state index contributed by atoms with van der Waals surface area (Å²) in [6.07, 6.45) is 5.44. The van der Waals surface area contributed by atoms with Crippen LogP contribution in [0.5, 0.6) is 0 Å². The van der Waals surface area contributed by atoms with E-state index in [1.807, 2.05) is 12.1 Å². The predicted molar refractivity (Wildman–Crippen MR) is 40.6 cm³/mol. The summed E-state index contributed by atoms with van der Waals surface area (Å²) in [6, 6.07) is 4.00. The number of aryl methyl sites for hydroxylation is 1. The van der Waals surface area contributed by atoms with Crippen LogP contribution < -0.4 is 0 Å². The fourth-order valence-corrected chi connectivity index (χ4v) is 1.34. The van der Waals surface area contributed by atoms with Crippen LogP contribution in [0, 0.1) is 11.3 Å². The van der Waals surface area contributed by atoms with E-state index in [1.54, 1.807) is 6.26 Å². The van der Waals surface area contributed by atoms with Gasteiger partial charge in [0.25, 0.3) is 0 Å². The summed E-state index contributed by atoms with van der Waals surface area (Å²) < 4.78 is 5.20. The minimum Gasteiger partial charge on any atom is -0.469 e. The van der Waals surface area contributed by atoms with Crippen LogP contribution in [-0.2, 0) is 6.42 Å². The monoisotopic (exact) mass is 145 g/mol. The Morgan fingerprint density at radius 1 is 1.55 bits per heavy atom. The molecule has 0 atom stereocenters. The Labute approximate surface area is 64.7 Å². The van der Waals surface area contributed by atoms with Crippen molar-refractivity contribution in [3.05, 3.63) is 29.7 Å². The van der Waals surface area contributed by atoms with Gasteiger partial charge in [0.2, 0.25) is 0 Å². The molecule has 0 saturated heterocycles. The van der Waals surface area contributed by atoms with Crippen molar-refractivity contribution in [2.75, 3.05) is 0 Å². The molecule has 54 valence electrons. The molecule has 1 aromatic heterocycles. The van der Waals surface area contributed by atoms with Gasteiger partial charge < -0.3 is 4.42 Å². The van der Waals surface area contributed by atoms with Crippen molar-refractivity contribution in [3.8, 4) is 6.07 Å². The first-order valence-electron chi connectivity index (χ1n) is 3.59. The first kappa shape index (κ1) is 6.23. The first-order valence-corrected chi connectivity index (χ1v) is 3.59. The lowest BCUT2D eigenvalue weighted by molar-refractivity contribution is 0.507. The zero-order chi connectivity index (χ0) is 7.68. The van der Waals surface area contributed by atoms with E-state index < -0.39 is 0 Å². The second-order valence-corrected chi connectivity index (χ2v) is 2.53. The van der Waals surface area contributed by atoms with E-state index in [4.69, 9.17) is 9.68 Å². The standard InChI is InChI=1S/C9H7NO/c10-6-7-2-1-3-9-8(7)4-5-11-9/h2,4-5H,1,3H2. The SMILES string of the molecule is N#CC1=CCCc2occc21. The summed E-state index contributed by atoms with van der Waals surface area (Å²) in [5.41, 5.74) is 1.72. The second-order valence-electron chi connectivity index (χ2n) is 2.53. The summed E-state index contributed by atoms with van der Waals surface area (Å²) in [6.45, 7) is 0.